The highest BCUT2D eigenvalue weighted by atomic mass is 79.9. The van der Waals surface area contributed by atoms with Crippen molar-refractivity contribution in [2.45, 2.75) is 53.6 Å². The number of thioether (sulfide) groups is 1. The molecular weight excluding hydrogens is 628 g/mol. The third kappa shape index (κ3) is 5.02. The summed E-state index contributed by atoms with van der Waals surface area (Å²) in [5.41, 5.74) is 2.30. The molecule has 41 heavy (non-hydrogen) atoms. The van der Waals surface area contributed by atoms with Crippen LogP contribution in [-0.2, 0) is 25.5 Å². The average Bonchev–Trinajstić information content (AvgIpc) is 3.55. The monoisotopic (exact) mass is 660 g/mol. The lowest BCUT2D eigenvalue weighted by Gasteiger charge is -2.40. The smallest absolute Gasteiger partial charge is 0.310 e. The number of aliphatic hydroxyl groups is 1. The van der Waals surface area contributed by atoms with Crippen molar-refractivity contribution in [2.75, 3.05) is 24.7 Å². The summed E-state index contributed by atoms with van der Waals surface area (Å²) < 4.78 is 4.58. The molecule has 2 amide bonds. The van der Waals surface area contributed by atoms with Gasteiger partial charge in [-0.1, -0.05) is 76.1 Å². The molecule has 2 bridgehead atoms. The topological polar surface area (TPSA) is 87.2 Å². The van der Waals surface area contributed by atoms with Crippen LogP contribution in [0.1, 0.15) is 24.5 Å². The molecule has 10 heteroatoms. The highest BCUT2D eigenvalue weighted by Crippen LogP contribution is 2.68. The van der Waals surface area contributed by atoms with Gasteiger partial charge >= 0.3 is 5.97 Å². The van der Waals surface area contributed by atoms with E-state index in [-0.39, 0.29) is 41.6 Å². The molecule has 0 radical (unpaired) electrons. The number of alkyl halides is 1. The lowest BCUT2D eigenvalue weighted by atomic mass is 9.71. The van der Waals surface area contributed by atoms with Crippen molar-refractivity contribution in [1.82, 2.24) is 4.90 Å². The van der Waals surface area contributed by atoms with Crippen molar-refractivity contribution in [3.63, 3.8) is 0 Å². The number of esters is 1. The van der Waals surface area contributed by atoms with Gasteiger partial charge in [-0.3, -0.25) is 14.4 Å². The van der Waals surface area contributed by atoms with Crippen LogP contribution >= 0.6 is 39.3 Å². The molecule has 3 aliphatic heterocycles. The Hall–Kier alpha value is -2.33. The fourth-order valence-corrected chi connectivity index (χ4v) is 10.8. The summed E-state index contributed by atoms with van der Waals surface area (Å²) >= 11 is 12.0. The van der Waals surface area contributed by atoms with Crippen molar-refractivity contribution in [3.05, 3.63) is 77.3 Å². The Balaban J connectivity index is 1.65. The van der Waals surface area contributed by atoms with E-state index in [1.165, 1.54) is 11.8 Å². The summed E-state index contributed by atoms with van der Waals surface area (Å²) in [4.78, 5) is 45.8. The first-order valence-corrected chi connectivity index (χ1v) is 16.0. The van der Waals surface area contributed by atoms with E-state index >= 15 is 0 Å². The van der Waals surface area contributed by atoms with Gasteiger partial charge in [0, 0.05) is 16.6 Å². The number of carbonyl (C=O) groups excluding carboxylic acids is 3. The predicted molar refractivity (Wildman–Crippen MR) is 165 cm³/mol. The number of halogens is 2. The number of carbonyl (C=O) groups is 3. The number of aliphatic hydroxyl groups excluding tert-OH is 1. The third-order valence-electron chi connectivity index (χ3n) is 8.47. The SMILES string of the molecule is C=CCN(C(=O)C1N([C@@H](CO)Cc2ccccc2)C(=O)[C@@H]2[C@H](C(=O)OCC)[C@H]3SC12CC3Br)c1c(C)cccc1Cl. The van der Waals surface area contributed by atoms with Crippen molar-refractivity contribution in [2.24, 2.45) is 11.8 Å². The molecule has 1 spiro atoms. The molecule has 218 valence electrons. The van der Waals surface area contributed by atoms with Gasteiger partial charge in [-0.2, -0.15) is 0 Å². The molecule has 7 nitrogen and oxygen atoms in total. The van der Waals surface area contributed by atoms with Gasteiger partial charge in [0.25, 0.3) is 5.91 Å². The summed E-state index contributed by atoms with van der Waals surface area (Å²) in [6, 6.07) is 13.4. The molecular formula is C31H34BrClN2O5S. The number of para-hydroxylation sites is 1. The molecule has 3 unspecified atom stereocenters. The fourth-order valence-electron chi connectivity index (χ4n) is 6.92. The number of benzene rings is 2. The Bertz CT molecular complexity index is 1320. The van der Waals surface area contributed by atoms with Crippen molar-refractivity contribution in [1.29, 1.82) is 0 Å². The van der Waals surface area contributed by atoms with Crippen LogP contribution in [0.25, 0.3) is 0 Å². The van der Waals surface area contributed by atoms with Crippen LogP contribution in [-0.4, -0.2) is 74.5 Å². The van der Waals surface area contributed by atoms with Crippen LogP contribution in [0, 0.1) is 18.8 Å². The molecule has 1 N–H and O–H groups in total. The van der Waals surface area contributed by atoms with Crippen LogP contribution in [0.5, 0.6) is 0 Å². The molecule has 2 aromatic rings. The number of nitrogens with zero attached hydrogens (tertiary/aromatic N) is 2. The van der Waals surface area contributed by atoms with E-state index in [2.05, 4.69) is 22.5 Å². The molecule has 3 heterocycles. The minimum absolute atomic E-state index is 0.0854. The molecule has 3 saturated heterocycles. The molecule has 2 aromatic carbocycles. The summed E-state index contributed by atoms with van der Waals surface area (Å²) in [6.45, 7) is 7.56. The molecule has 0 aliphatic carbocycles. The van der Waals surface area contributed by atoms with Crippen molar-refractivity contribution < 1.29 is 24.2 Å². The number of likely N-dealkylation sites (tertiary alicyclic amines) is 1. The van der Waals surface area contributed by atoms with E-state index < -0.39 is 34.6 Å². The predicted octanol–water partition coefficient (Wildman–Crippen LogP) is 4.80. The van der Waals surface area contributed by atoms with E-state index in [1.54, 1.807) is 28.9 Å². The maximum atomic E-state index is 14.9. The van der Waals surface area contributed by atoms with Gasteiger partial charge < -0.3 is 19.6 Å². The molecule has 7 atom stereocenters. The Morgan fingerprint density at radius 1 is 1.29 bits per heavy atom. The minimum Gasteiger partial charge on any atom is -0.466 e. The molecule has 0 aromatic heterocycles. The van der Waals surface area contributed by atoms with Crippen LogP contribution in [0.4, 0.5) is 5.69 Å². The zero-order chi connectivity index (χ0) is 29.5. The second kappa shape index (κ2) is 12.1. The van der Waals surface area contributed by atoms with Gasteiger partial charge in [0.1, 0.15) is 6.04 Å². The van der Waals surface area contributed by atoms with Gasteiger partial charge in [0.2, 0.25) is 5.91 Å². The Morgan fingerprint density at radius 3 is 2.66 bits per heavy atom. The number of fused-ring (bicyclic) bond motifs is 1. The normalized spacial score (nSPS) is 28.9. The summed E-state index contributed by atoms with van der Waals surface area (Å²) in [7, 11) is 0. The number of hydrogen-bond donors (Lipinski definition) is 1. The number of anilines is 1. The van der Waals surface area contributed by atoms with Crippen molar-refractivity contribution >= 4 is 62.8 Å². The first-order valence-electron chi connectivity index (χ1n) is 13.8. The zero-order valence-electron chi connectivity index (χ0n) is 23.0. The maximum absolute atomic E-state index is 14.9. The van der Waals surface area contributed by atoms with Crippen LogP contribution < -0.4 is 4.90 Å². The molecule has 3 aliphatic rings. The Kier molecular flexibility index (Phi) is 8.90. The van der Waals surface area contributed by atoms with E-state index in [4.69, 9.17) is 16.3 Å². The fraction of sp³-hybridized carbons (Fsp3) is 0.452. The van der Waals surface area contributed by atoms with Gasteiger partial charge in [-0.25, -0.2) is 0 Å². The van der Waals surface area contributed by atoms with E-state index in [0.717, 1.165) is 11.1 Å². The van der Waals surface area contributed by atoms with Crippen LogP contribution in [0.3, 0.4) is 0 Å². The number of rotatable bonds is 10. The molecule has 3 fully saturated rings. The second-order valence-electron chi connectivity index (χ2n) is 10.8. The molecule has 5 rings (SSSR count). The Morgan fingerprint density at radius 2 is 2.02 bits per heavy atom. The highest BCUT2D eigenvalue weighted by Gasteiger charge is 2.76. The maximum Gasteiger partial charge on any atom is 0.310 e. The Labute approximate surface area is 258 Å². The quantitative estimate of drug-likeness (QED) is 0.224. The van der Waals surface area contributed by atoms with E-state index in [9.17, 15) is 19.5 Å². The van der Waals surface area contributed by atoms with E-state index in [0.29, 0.717) is 23.6 Å². The first kappa shape index (κ1) is 30.1. The summed E-state index contributed by atoms with van der Waals surface area (Å²) in [5.74, 6) is -2.46. The van der Waals surface area contributed by atoms with Crippen molar-refractivity contribution in [3.8, 4) is 0 Å². The van der Waals surface area contributed by atoms with Gasteiger partial charge in [0.15, 0.2) is 0 Å². The highest BCUT2D eigenvalue weighted by molar-refractivity contribution is 9.09. The number of hydrogen-bond acceptors (Lipinski definition) is 6. The zero-order valence-corrected chi connectivity index (χ0v) is 26.2. The lowest BCUT2D eigenvalue weighted by Crippen LogP contribution is -2.58. The standard InChI is InChI=1S/C31H34BrClN2O5S/c1-4-14-34(25-18(3)10-9-13-22(25)33)29(38)27-31-16-21(32)26(41-31)23(30(39)40-5-2)24(31)28(37)35(27)20(17-36)15-19-11-7-6-8-12-19/h4,6-13,20-21,23-24,26-27,36H,1,5,14-17H2,2-3H3/t20-,21?,23+,24+,26+,27?,31?/m1/s1. The number of aryl methyl sites for hydroxylation is 1. The third-order valence-corrected chi connectivity index (χ3v) is 12.0. The largest absolute Gasteiger partial charge is 0.466 e. The number of ether oxygens (including phenoxy) is 1. The van der Waals surface area contributed by atoms with Gasteiger partial charge in [0.05, 0.1) is 46.5 Å². The van der Waals surface area contributed by atoms with Gasteiger partial charge in [-0.15, -0.1) is 18.3 Å². The van der Waals surface area contributed by atoms with Gasteiger partial charge in [-0.05, 0) is 43.9 Å². The molecule has 0 saturated carbocycles. The lowest BCUT2D eigenvalue weighted by molar-refractivity contribution is -0.154. The van der Waals surface area contributed by atoms with Crippen LogP contribution in [0.2, 0.25) is 5.02 Å². The first-order chi connectivity index (χ1) is 19.7. The minimum atomic E-state index is -0.939. The summed E-state index contributed by atoms with van der Waals surface area (Å²) in [6.07, 6.45) is 2.52. The second-order valence-corrected chi connectivity index (χ2v) is 14.0. The number of amides is 2. The summed E-state index contributed by atoms with van der Waals surface area (Å²) in [5, 5.41) is 10.9. The van der Waals surface area contributed by atoms with E-state index in [1.807, 2.05) is 49.4 Å². The van der Waals surface area contributed by atoms with Crippen LogP contribution in [0.15, 0.2) is 61.2 Å². The average molecular weight is 662 g/mol.